The van der Waals surface area contributed by atoms with Crippen LogP contribution in [0.2, 0.25) is 0 Å². The number of halogens is 1. The van der Waals surface area contributed by atoms with Crippen LogP contribution in [0.1, 0.15) is 17.7 Å². The predicted molar refractivity (Wildman–Crippen MR) is 100 cm³/mol. The number of ether oxygens (including phenoxy) is 1. The molecule has 1 unspecified atom stereocenters. The molecule has 2 aliphatic rings. The number of hydrogen-bond donors (Lipinski definition) is 2. The molecule has 2 N–H and O–H groups in total. The first kappa shape index (κ1) is 20.2. The lowest BCUT2D eigenvalue weighted by Crippen LogP contribution is -2.52. The highest BCUT2D eigenvalue weighted by Crippen LogP contribution is 2.19. The number of nitrogens with zero attached hydrogens (tertiary/aromatic N) is 1. The van der Waals surface area contributed by atoms with E-state index in [1.54, 1.807) is 11.3 Å². The van der Waals surface area contributed by atoms with Gasteiger partial charge in [-0.05, 0) is 30.7 Å². The van der Waals surface area contributed by atoms with Gasteiger partial charge in [0.15, 0.2) is 0 Å². The van der Waals surface area contributed by atoms with E-state index >= 15 is 0 Å². The first-order chi connectivity index (χ1) is 11.7. The summed E-state index contributed by atoms with van der Waals surface area (Å²) in [4.78, 5) is 27.8. The summed E-state index contributed by atoms with van der Waals surface area (Å²) in [6.45, 7) is 3.93. The number of carbonyl (C=O) groups is 2. The molecular formula is C17H26ClN3O3S. The minimum absolute atomic E-state index is 0. The quantitative estimate of drug-likeness (QED) is 0.792. The van der Waals surface area contributed by atoms with Crippen molar-refractivity contribution >= 4 is 35.6 Å². The van der Waals surface area contributed by atoms with Gasteiger partial charge < -0.3 is 20.3 Å². The normalized spacial score (nSPS) is 21.4. The Bertz CT molecular complexity index is 541. The maximum Gasteiger partial charge on any atom is 0.253 e. The Balaban J connectivity index is 0.00000225. The molecule has 3 heterocycles. The monoisotopic (exact) mass is 387 g/mol. The van der Waals surface area contributed by atoms with E-state index in [0.29, 0.717) is 32.8 Å². The van der Waals surface area contributed by atoms with Gasteiger partial charge in [-0.1, -0.05) is 6.07 Å². The Hall–Kier alpha value is -1.15. The fourth-order valence-electron chi connectivity index (χ4n) is 3.20. The zero-order valence-electron chi connectivity index (χ0n) is 14.2. The Morgan fingerprint density at radius 2 is 2.16 bits per heavy atom. The van der Waals surface area contributed by atoms with Gasteiger partial charge in [-0.2, -0.15) is 0 Å². The summed E-state index contributed by atoms with van der Waals surface area (Å²) in [6, 6.07) is 4.11. The van der Waals surface area contributed by atoms with Gasteiger partial charge in [-0.15, -0.1) is 23.7 Å². The molecule has 8 heteroatoms. The van der Waals surface area contributed by atoms with E-state index in [4.69, 9.17) is 4.74 Å². The lowest BCUT2D eigenvalue weighted by atomic mass is 9.95. The summed E-state index contributed by atoms with van der Waals surface area (Å²) in [5.41, 5.74) is 0. The van der Waals surface area contributed by atoms with E-state index in [2.05, 4.69) is 22.1 Å². The molecule has 2 aliphatic heterocycles. The molecule has 2 amide bonds. The summed E-state index contributed by atoms with van der Waals surface area (Å²) < 4.78 is 5.52. The lowest BCUT2D eigenvalue weighted by molar-refractivity contribution is -0.147. The molecule has 0 aliphatic carbocycles. The SMILES string of the molecule is Cl.O=C(NCCc1cccs1)C1CCN(C(=O)C2CNCCO2)CC1. The van der Waals surface area contributed by atoms with Crippen LogP contribution in [0.5, 0.6) is 0 Å². The van der Waals surface area contributed by atoms with Crippen LogP contribution < -0.4 is 10.6 Å². The fourth-order valence-corrected chi connectivity index (χ4v) is 3.91. The van der Waals surface area contributed by atoms with Crippen LogP contribution in [0.25, 0.3) is 0 Å². The molecule has 6 nitrogen and oxygen atoms in total. The van der Waals surface area contributed by atoms with Crippen molar-refractivity contribution < 1.29 is 14.3 Å². The maximum atomic E-state index is 12.4. The van der Waals surface area contributed by atoms with Gasteiger partial charge in [-0.25, -0.2) is 0 Å². The van der Waals surface area contributed by atoms with Gasteiger partial charge in [-0.3, -0.25) is 9.59 Å². The average Bonchev–Trinajstić information content (AvgIpc) is 3.15. The Morgan fingerprint density at radius 3 is 2.80 bits per heavy atom. The van der Waals surface area contributed by atoms with Gasteiger partial charge in [0.25, 0.3) is 5.91 Å². The van der Waals surface area contributed by atoms with E-state index in [1.807, 2.05) is 11.0 Å². The molecule has 1 atom stereocenters. The summed E-state index contributed by atoms with van der Waals surface area (Å²) in [6.07, 6.45) is 1.98. The summed E-state index contributed by atoms with van der Waals surface area (Å²) >= 11 is 1.71. The molecule has 1 aromatic heterocycles. The molecule has 0 radical (unpaired) electrons. The van der Waals surface area contributed by atoms with Crippen molar-refractivity contribution in [2.75, 3.05) is 39.3 Å². The number of likely N-dealkylation sites (tertiary alicyclic amines) is 1. The third kappa shape index (κ3) is 5.67. The fraction of sp³-hybridized carbons (Fsp3) is 0.647. The molecule has 0 bridgehead atoms. The number of hydrogen-bond acceptors (Lipinski definition) is 5. The van der Waals surface area contributed by atoms with Gasteiger partial charge >= 0.3 is 0 Å². The second-order valence-electron chi connectivity index (χ2n) is 6.28. The van der Waals surface area contributed by atoms with Crippen molar-refractivity contribution in [3.05, 3.63) is 22.4 Å². The van der Waals surface area contributed by atoms with Crippen LogP contribution in [-0.4, -0.2) is 62.1 Å². The molecule has 25 heavy (non-hydrogen) atoms. The lowest BCUT2D eigenvalue weighted by Gasteiger charge is -2.34. The van der Waals surface area contributed by atoms with Crippen LogP contribution in [0, 0.1) is 5.92 Å². The molecule has 2 saturated heterocycles. The van der Waals surface area contributed by atoms with Crippen LogP contribution in [-0.2, 0) is 20.7 Å². The van der Waals surface area contributed by atoms with Crippen LogP contribution in [0.3, 0.4) is 0 Å². The number of thiophene rings is 1. The Labute approximate surface area is 158 Å². The molecule has 0 saturated carbocycles. The van der Waals surface area contributed by atoms with E-state index < -0.39 is 0 Å². The molecule has 140 valence electrons. The van der Waals surface area contributed by atoms with E-state index in [-0.39, 0.29) is 36.2 Å². The van der Waals surface area contributed by atoms with Gasteiger partial charge in [0.05, 0.1) is 6.61 Å². The molecule has 3 rings (SSSR count). The van der Waals surface area contributed by atoms with Gasteiger partial charge in [0.2, 0.25) is 5.91 Å². The highest BCUT2D eigenvalue weighted by atomic mass is 35.5. The smallest absolute Gasteiger partial charge is 0.253 e. The second kappa shape index (κ2) is 10.1. The predicted octanol–water partition coefficient (Wildman–Crippen LogP) is 1.06. The summed E-state index contributed by atoms with van der Waals surface area (Å²) in [5, 5.41) is 8.26. The number of nitrogens with one attached hydrogen (secondary N) is 2. The number of carbonyl (C=O) groups excluding carboxylic acids is 2. The third-order valence-electron chi connectivity index (χ3n) is 4.63. The molecule has 1 aromatic rings. The number of piperidine rings is 1. The number of rotatable bonds is 5. The van der Waals surface area contributed by atoms with Crippen molar-refractivity contribution in [3.8, 4) is 0 Å². The molecule has 2 fully saturated rings. The average molecular weight is 388 g/mol. The topological polar surface area (TPSA) is 70.7 Å². The Morgan fingerprint density at radius 1 is 1.36 bits per heavy atom. The van der Waals surface area contributed by atoms with E-state index in [1.165, 1.54) is 4.88 Å². The van der Waals surface area contributed by atoms with Crippen molar-refractivity contribution in [3.63, 3.8) is 0 Å². The minimum atomic E-state index is -0.366. The number of amides is 2. The first-order valence-electron chi connectivity index (χ1n) is 8.65. The van der Waals surface area contributed by atoms with Crippen molar-refractivity contribution in [2.45, 2.75) is 25.4 Å². The third-order valence-corrected chi connectivity index (χ3v) is 5.57. The maximum absolute atomic E-state index is 12.4. The molecule has 0 spiro atoms. The minimum Gasteiger partial charge on any atom is -0.366 e. The van der Waals surface area contributed by atoms with Crippen molar-refractivity contribution in [1.82, 2.24) is 15.5 Å². The van der Waals surface area contributed by atoms with Crippen LogP contribution in [0.4, 0.5) is 0 Å². The van der Waals surface area contributed by atoms with Gasteiger partial charge in [0, 0.05) is 43.5 Å². The molecular weight excluding hydrogens is 362 g/mol. The highest BCUT2D eigenvalue weighted by molar-refractivity contribution is 7.09. The summed E-state index contributed by atoms with van der Waals surface area (Å²) in [5.74, 6) is 0.191. The Kier molecular flexibility index (Phi) is 8.15. The van der Waals surface area contributed by atoms with Crippen molar-refractivity contribution in [2.24, 2.45) is 5.92 Å². The number of morpholine rings is 1. The zero-order valence-corrected chi connectivity index (χ0v) is 15.9. The standard InChI is InChI=1S/C17H25N3O3S.ClH/c21-16(19-6-3-14-2-1-11-24-14)13-4-8-20(9-5-13)17(22)15-12-18-7-10-23-15;/h1-2,11,13,15,18H,3-10,12H2,(H,19,21);1H. The first-order valence-corrected chi connectivity index (χ1v) is 9.53. The largest absolute Gasteiger partial charge is 0.366 e. The van der Waals surface area contributed by atoms with Gasteiger partial charge in [0.1, 0.15) is 6.10 Å². The molecule has 0 aromatic carbocycles. The highest BCUT2D eigenvalue weighted by Gasteiger charge is 2.31. The zero-order chi connectivity index (χ0) is 16.8. The second-order valence-corrected chi connectivity index (χ2v) is 7.32. The van der Waals surface area contributed by atoms with Crippen LogP contribution >= 0.6 is 23.7 Å². The van der Waals surface area contributed by atoms with Crippen molar-refractivity contribution in [1.29, 1.82) is 0 Å². The van der Waals surface area contributed by atoms with E-state index in [9.17, 15) is 9.59 Å². The van der Waals surface area contributed by atoms with E-state index in [0.717, 1.165) is 25.8 Å². The van der Waals surface area contributed by atoms with Crippen LogP contribution in [0.15, 0.2) is 17.5 Å². The summed E-state index contributed by atoms with van der Waals surface area (Å²) in [7, 11) is 0.